The number of fused-ring (bicyclic) bond motifs is 1. The van der Waals surface area contributed by atoms with Gasteiger partial charge in [-0.15, -0.1) is 17.0 Å². The molecule has 3 rings (SSSR count). The summed E-state index contributed by atoms with van der Waals surface area (Å²) in [6.45, 7) is -2.98. The number of benzene rings is 2. The number of rotatable bonds is 5. The molecule has 0 unspecified atom stereocenters. The van der Waals surface area contributed by atoms with Crippen molar-refractivity contribution in [3.63, 3.8) is 0 Å². The number of hydrogen-bond acceptors (Lipinski definition) is 2. The van der Waals surface area contributed by atoms with Gasteiger partial charge in [0.25, 0.3) is 0 Å². The van der Waals surface area contributed by atoms with Gasteiger partial charge in [-0.25, -0.2) is 8.96 Å². The molecule has 0 spiro atoms. The Labute approximate surface area is 152 Å². The van der Waals surface area contributed by atoms with Crippen LogP contribution in [0.5, 0.6) is 5.75 Å². The zero-order chi connectivity index (χ0) is 17.3. The molecule has 0 bridgehead atoms. The molecular weight excluding hydrogens is 401 g/mol. The molecule has 0 aliphatic rings. The predicted octanol–water partition coefficient (Wildman–Crippen LogP) is 3.93. The van der Waals surface area contributed by atoms with Crippen LogP contribution in [0, 0.1) is 5.82 Å². The minimum absolute atomic E-state index is 0. The molecule has 2 aromatic carbocycles. The maximum absolute atomic E-state index is 14.0. The Hall–Kier alpha value is -2.35. The van der Waals surface area contributed by atoms with Crippen LogP contribution in [0.4, 0.5) is 13.2 Å². The zero-order valence-electron chi connectivity index (χ0n) is 13.2. The molecule has 0 fully saturated rings. The Morgan fingerprint density at radius 3 is 2.60 bits per heavy atom. The van der Waals surface area contributed by atoms with Gasteiger partial charge in [0.2, 0.25) is 12.1 Å². The van der Waals surface area contributed by atoms with Crippen LogP contribution in [-0.2, 0) is 6.54 Å². The lowest BCUT2D eigenvalue weighted by Crippen LogP contribution is -2.37. The fraction of sp³-hybridized carbons (Fsp3) is 0.176. The van der Waals surface area contributed by atoms with Crippen molar-refractivity contribution in [1.29, 1.82) is 0 Å². The van der Waals surface area contributed by atoms with Crippen molar-refractivity contribution in [3.05, 3.63) is 60.2 Å². The molecule has 3 aromatic rings. The SMILES string of the molecule is Br.COc1ccc(C(=O)C[n+]2cn(C(F)F)c3ccccc32)c(F)c1. The van der Waals surface area contributed by atoms with Crippen LogP contribution in [-0.4, -0.2) is 17.5 Å². The summed E-state index contributed by atoms with van der Waals surface area (Å²) < 4.78 is 47.3. The number of aromatic nitrogens is 2. The summed E-state index contributed by atoms with van der Waals surface area (Å²) in [6.07, 6.45) is 1.16. The van der Waals surface area contributed by atoms with Crippen molar-refractivity contribution in [1.82, 2.24) is 4.57 Å². The van der Waals surface area contributed by atoms with Gasteiger partial charge in [-0.1, -0.05) is 12.1 Å². The first-order valence-electron chi connectivity index (χ1n) is 7.15. The van der Waals surface area contributed by atoms with Gasteiger partial charge < -0.3 is 4.74 Å². The third kappa shape index (κ3) is 3.68. The number of para-hydroxylation sites is 2. The second-order valence-corrected chi connectivity index (χ2v) is 5.19. The predicted molar refractivity (Wildman–Crippen MR) is 91.0 cm³/mol. The Morgan fingerprint density at radius 2 is 1.96 bits per heavy atom. The quantitative estimate of drug-likeness (QED) is 0.467. The lowest BCUT2D eigenvalue weighted by molar-refractivity contribution is -0.658. The topological polar surface area (TPSA) is 35.1 Å². The molecule has 0 saturated carbocycles. The van der Waals surface area contributed by atoms with Crippen LogP contribution in [0.1, 0.15) is 16.9 Å². The highest BCUT2D eigenvalue weighted by molar-refractivity contribution is 8.93. The van der Waals surface area contributed by atoms with Gasteiger partial charge in [-0.05, 0) is 24.3 Å². The van der Waals surface area contributed by atoms with E-state index in [2.05, 4.69) is 0 Å². The largest absolute Gasteiger partial charge is 0.497 e. The maximum atomic E-state index is 14.0. The summed E-state index contributed by atoms with van der Waals surface area (Å²) in [4.78, 5) is 12.4. The van der Waals surface area contributed by atoms with Crippen molar-refractivity contribution in [3.8, 4) is 5.75 Å². The van der Waals surface area contributed by atoms with Crippen molar-refractivity contribution in [2.45, 2.75) is 13.1 Å². The minimum atomic E-state index is -2.73. The smallest absolute Gasteiger partial charge is 0.387 e. The van der Waals surface area contributed by atoms with Crippen molar-refractivity contribution in [2.24, 2.45) is 0 Å². The molecule has 0 atom stereocenters. The first-order chi connectivity index (χ1) is 11.5. The summed E-state index contributed by atoms with van der Waals surface area (Å²) >= 11 is 0. The Balaban J connectivity index is 0.00000225. The summed E-state index contributed by atoms with van der Waals surface area (Å²) in [6, 6.07) is 10.4. The van der Waals surface area contributed by atoms with Gasteiger partial charge in [-0.2, -0.15) is 13.3 Å². The number of ketones is 1. The minimum Gasteiger partial charge on any atom is -0.497 e. The van der Waals surface area contributed by atoms with Crippen molar-refractivity contribution < 1.29 is 27.3 Å². The monoisotopic (exact) mass is 415 g/mol. The van der Waals surface area contributed by atoms with Crippen molar-refractivity contribution in [2.75, 3.05) is 7.11 Å². The molecule has 0 saturated heterocycles. The van der Waals surface area contributed by atoms with E-state index < -0.39 is 18.1 Å². The highest BCUT2D eigenvalue weighted by Gasteiger charge is 2.24. The Kier molecular flexibility index (Phi) is 5.84. The maximum Gasteiger partial charge on any atom is 0.387 e. The molecule has 0 aliphatic heterocycles. The van der Waals surface area contributed by atoms with Crippen LogP contribution in [0.25, 0.3) is 11.0 Å². The van der Waals surface area contributed by atoms with Gasteiger partial charge in [-0.3, -0.25) is 4.79 Å². The summed E-state index contributed by atoms with van der Waals surface area (Å²) in [5.74, 6) is -0.930. The van der Waals surface area contributed by atoms with Crippen LogP contribution < -0.4 is 9.30 Å². The van der Waals surface area contributed by atoms with Gasteiger partial charge in [0.05, 0.1) is 12.7 Å². The average Bonchev–Trinajstić information content (AvgIpc) is 2.93. The van der Waals surface area contributed by atoms with Crippen LogP contribution >= 0.6 is 17.0 Å². The number of halogens is 4. The molecule has 4 nitrogen and oxygen atoms in total. The third-order valence-electron chi connectivity index (χ3n) is 3.73. The molecule has 1 heterocycles. The summed E-state index contributed by atoms with van der Waals surface area (Å²) in [7, 11) is 1.39. The number of imidazole rings is 1. The lowest BCUT2D eigenvalue weighted by Gasteiger charge is -2.04. The van der Waals surface area contributed by atoms with E-state index in [0.29, 0.717) is 16.8 Å². The highest BCUT2D eigenvalue weighted by Crippen LogP contribution is 2.19. The highest BCUT2D eigenvalue weighted by atomic mass is 79.9. The van der Waals surface area contributed by atoms with E-state index in [-0.39, 0.29) is 29.1 Å². The van der Waals surface area contributed by atoms with Gasteiger partial charge in [0.15, 0.2) is 17.6 Å². The molecule has 0 aliphatic carbocycles. The van der Waals surface area contributed by atoms with E-state index >= 15 is 0 Å². The normalized spacial score (nSPS) is 10.8. The van der Waals surface area contributed by atoms with Crippen LogP contribution in [0.2, 0.25) is 0 Å². The molecule has 132 valence electrons. The number of nitrogens with zero attached hydrogens (tertiary/aromatic N) is 2. The standard InChI is InChI=1S/C17H14F3N2O2.BrH/c1-24-11-6-7-12(13(18)8-11)16(23)9-21-10-22(17(19)20)15-5-3-2-4-14(15)21;/h2-8,10,17H,9H2,1H3;1H/q+1;. The Morgan fingerprint density at radius 1 is 1.24 bits per heavy atom. The second-order valence-electron chi connectivity index (χ2n) is 5.19. The number of hydrogen-bond donors (Lipinski definition) is 0. The lowest BCUT2D eigenvalue weighted by atomic mass is 10.1. The number of carbonyl (C=O) groups excluding carboxylic acids is 1. The molecule has 0 N–H and O–H groups in total. The first-order valence-corrected chi connectivity index (χ1v) is 7.15. The third-order valence-corrected chi connectivity index (χ3v) is 3.73. The molecular formula is C17H15BrF3N2O2+. The number of carbonyl (C=O) groups is 1. The van der Waals surface area contributed by atoms with E-state index in [9.17, 15) is 18.0 Å². The number of ether oxygens (including phenoxy) is 1. The average molecular weight is 416 g/mol. The molecule has 25 heavy (non-hydrogen) atoms. The molecule has 0 amide bonds. The number of Topliss-reactive ketones (excluding diaryl/α,β-unsaturated/α-hetero) is 1. The number of alkyl halides is 2. The first kappa shape index (κ1) is 19.0. The zero-order valence-corrected chi connectivity index (χ0v) is 14.9. The van der Waals surface area contributed by atoms with E-state index in [1.807, 2.05) is 0 Å². The fourth-order valence-electron chi connectivity index (χ4n) is 2.57. The Bertz CT molecular complexity index is 912. The van der Waals surface area contributed by atoms with Gasteiger partial charge in [0, 0.05) is 6.07 Å². The summed E-state index contributed by atoms with van der Waals surface area (Å²) in [5, 5.41) is 0. The number of methoxy groups -OCH3 is 1. The van der Waals surface area contributed by atoms with E-state index in [0.717, 1.165) is 17.0 Å². The summed E-state index contributed by atoms with van der Waals surface area (Å²) in [5.41, 5.74) is 0.660. The molecule has 1 aromatic heterocycles. The van der Waals surface area contributed by atoms with E-state index in [4.69, 9.17) is 4.74 Å². The van der Waals surface area contributed by atoms with Gasteiger partial charge >= 0.3 is 6.55 Å². The van der Waals surface area contributed by atoms with Crippen molar-refractivity contribution >= 4 is 33.8 Å². The molecule has 0 radical (unpaired) electrons. The van der Waals surface area contributed by atoms with E-state index in [1.165, 1.54) is 29.9 Å². The fourth-order valence-corrected chi connectivity index (χ4v) is 2.57. The van der Waals surface area contributed by atoms with Crippen LogP contribution in [0.3, 0.4) is 0 Å². The van der Waals surface area contributed by atoms with Gasteiger partial charge in [0.1, 0.15) is 11.6 Å². The van der Waals surface area contributed by atoms with Crippen LogP contribution in [0.15, 0.2) is 48.8 Å². The second kappa shape index (κ2) is 7.69. The van der Waals surface area contributed by atoms with E-state index in [1.54, 1.807) is 18.2 Å². The molecule has 8 heteroatoms.